The molecule has 0 atom stereocenters. The van der Waals surface area contributed by atoms with Crippen molar-refractivity contribution in [3.8, 4) is 10.6 Å². The third kappa shape index (κ3) is 2.37. The Morgan fingerprint density at radius 3 is 2.83 bits per heavy atom. The molecule has 3 nitrogen and oxygen atoms in total. The first-order valence-corrected chi connectivity index (χ1v) is 7.19. The number of thiazole rings is 1. The van der Waals surface area contributed by atoms with Gasteiger partial charge in [0.2, 0.25) is 0 Å². The molecule has 0 saturated carbocycles. The average Bonchev–Trinajstić information content (AvgIpc) is 2.98. The standard InChI is InChI=1S/C13H11N3S2/c14-9-3-1-4-10(7-9)15-13-16-11(8-18-13)12-5-2-6-17-12/h1-8H,14H2,(H,15,16). The molecule has 0 saturated heterocycles. The first kappa shape index (κ1) is 11.3. The number of hydrogen-bond acceptors (Lipinski definition) is 5. The van der Waals surface area contributed by atoms with E-state index in [1.54, 1.807) is 22.7 Å². The van der Waals surface area contributed by atoms with E-state index in [0.717, 1.165) is 22.2 Å². The molecule has 3 N–H and O–H groups in total. The van der Waals surface area contributed by atoms with Crippen LogP contribution in [-0.2, 0) is 0 Å². The molecule has 0 radical (unpaired) electrons. The molecule has 5 heteroatoms. The van der Waals surface area contributed by atoms with Crippen molar-refractivity contribution < 1.29 is 0 Å². The van der Waals surface area contributed by atoms with Crippen molar-refractivity contribution in [2.75, 3.05) is 11.1 Å². The first-order chi connectivity index (χ1) is 8.81. The molecular weight excluding hydrogens is 262 g/mol. The van der Waals surface area contributed by atoms with Crippen LogP contribution in [0, 0.1) is 0 Å². The quantitative estimate of drug-likeness (QED) is 0.703. The van der Waals surface area contributed by atoms with Gasteiger partial charge in [-0.05, 0) is 29.6 Å². The molecule has 18 heavy (non-hydrogen) atoms. The molecule has 0 bridgehead atoms. The zero-order valence-corrected chi connectivity index (χ0v) is 11.1. The van der Waals surface area contributed by atoms with E-state index >= 15 is 0 Å². The van der Waals surface area contributed by atoms with E-state index in [9.17, 15) is 0 Å². The van der Waals surface area contributed by atoms with Crippen LogP contribution in [0.25, 0.3) is 10.6 Å². The summed E-state index contributed by atoms with van der Waals surface area (Å²) in [5.41, 5.74) is 8.46. The van der Waals surface area contributed by atoms with E-state index < -0.39 is 0 Å². The van der Waals surface area contributed by atoms with E-state index in [1.165, 1.54) is 4.88 Å². The lowest BCUT2D eigenvalue weighted by atomic mass is 10.3. The van der Waals surface area contributed by atoms with Crippen molar-refractivity contribution in [3.63, 3.8) is 0 Å². The predicted molar refractivity (Wildman–Crippen MR) is 79.6 cm³/mol. The Balaban J connectivity index is 1.82. The molecule has 0 unspecified atom stereocenters. The maximum atomic E-state index is 5.74. The Labute approximate surface area is 113 Å². The molecule has 0 aliphatic heterocycles. The maximum Gasteiger partial charge on any atom is 0.187 e. The fourth-order valence-corrected chi connectivity index (χ4v) is 3.10. The number of nitrogen functional groups attached to an aromatic ring is 1. The molecule has 3 aromatic rings. The highest BCUT2D eigenvalue weighted by Gasteiger charge is 2.05. The first-order valence-electron chi connectivity index (χ1n) is 5.43. The van der Waals surface area contributed by atoms with Gasteiger partial charge < -0.3 is 11.1 Å². The highest BCUT2D eigenvalue weighted by atomic mass is 32.1. The van der Waals surface area contributed by atoms with E-state index in [4.69, 9.17) is 5.73 Å². The van der Waals surface area contributed by atoms with E-state index in [-0.39, 0.29) is 0 Å². The summed E-state index contributed by atoms with van der Waals surface area (Å²) in [6, 6.07) is 11.8. The number of aromatic nitrogens is 1. The number of nitrogens with zero attached hydrogens (tertiary/aromatic N) is 1. The second-order valence-corrected chi connectivity index (χ2v) is 5.57. The van der Waals surface area contributed by atoms with Gasteiger partial charge in [-0.15, -0.1) is 22.7 Å². The fraction of sp³-hybridized carbons (Fsp3) is 0. The van der Waals surface area contributed by atoms with Gasteiger partial charge in [-0.2, -0.15) is 0 Å². The summed E-state index contributed by atoms with van der Waals surface area (Å²) in [6.45, 7) is 0. The molecular formula is C13H11N3S2. The molecule has 2 aromatic heterocycles. The molecule has 1 aromatic carbocycles. The smallest absolute Gasteiger partial charge is 0.187 e. The average molecular weight is 273 g/mol. The minimum Gasteiger partial charge on any atom is -0.399 e. The van der Waals surface area contributed by atoms with E-state index in [1.807, 2.05) is 30.3 Å². The number of anilines is 3. The normalized spacial score (nSPS) is 10.4. The summed E-state index contributed by atoms with van der Waals surface area (Å²) in [7, 11) is 0. The largest absolute Gasteiger partial charge is 0.399 e. The highest BCUT2D eigenvalue weighted by Crippen LogP contribution is 2.29. The van der Waals surface area contributed by atoms with Crippen LogP contribution < -0.4 is 11.1 Å². The fourth-order valence-electron chi connectivity index (χ4n) is 1.61. The van der Waals surface area contributed by atoms with Gasteiger partial charge in [-0.3, -0.25) is 0 Å². The number of nitrogens with two attached hydrogens (primary N) is 1. The van der Waals surface area contributed by atoms with Crippen LogP contribution in [0.4, 0.5) is 16.5 Å². The zero-order valence-electron chi connectivity index (χ0n) is 9.46. The summed E-state index contributed by atoms with van der Waals surface area (Å²) in [6.07, 6.45) is 0. The number of nitrogens with one attached hydrogen (secondary N) is 1. The Kier molecular flexibility index (Phi) is 3.00. The zero-order chi connectivity index (χ0) is 12.4. The van der Waals surface area contributed by atoms with Gasteiger partial charge in [0.1, 0.15) is 0 Å². The van der Waals surface area contributed by atoms with Crippen molar-refractivity contribution in [2.24, 2.45) is 0 Å². The molecule has 0 fully saturated rings. The van der Waals surface area contributed by atoms with Gasteiger partial charge in [0, 0.05) is 16.8 Å². The van der Waals surface area contributed by atoms with Crippen LogP contribution in [-0.4, -0.2) is 4.98 Å². The third-order valence-electron chi connectivity index (χ3n) is 2.42. The molecule has 3 rings (SSSR count). The van der Waals surface area contributed by atoms with Crippen molar-refractivity contribution in [3.05, 3.63) is 47.2 Å². The summed E-state index contributed by atoms with van der Waals surface area (Å²) < 4.78 is 0. The van der Waals surface area contributed by atoms with Crippen molar-refractivity contribution in [1.29, 1.82) is 0 Å². The van der Waals surface area contributed by atoms with Gasteiger partial charge in [-0.25, -0.2) is 4.98 Å². The van der Waals surface area contributed by atoms with E-state index in [0.29, 0.717) is 0 Å². The monoisotopic (exact) mass is 273 g/mol. The summed E-state index contributed by atoms with van der Waals surface area (Å²) in [5.74, 6) is 0. The van der Waals surface area contributed by atoms with Crippen LogP contribution in [0.3, 0.4) is 0 Å². The predicted octanol–water partition coefficient (Wildman–Crippen LogP) is 4.20. The molecule has 0 spiro atoms. The molecule has 90 valence electrons. The van der Waals surface area contributed by atoms with Crippen LogP contribution in [0.15, 0.2) is 47.2 Å². The van der Waals surface area contributed by atoms with Gasteiger partial charge >= 0.3 is 0 Å². The molecule has 0 aliphatic carbocycles. The van der Waals surface area contributed by atoms with Gasteiger partial charge in [0.25, 0.3) is 0 Å². The van der Waals surface area contributed by atoms with Crippen molar-refractivity contribution in [2.45, 2.75) is 0 Å². The van der Waals surface area contributed by atoms with Gasteiger partial charge in [0.05, 0.1) is 10.6 Å². The molecule has 0 amide bonds. The highest BCUT2D eigenvalue weighted by molar-refractivity contribution is 7.16. The Morgan fingerprint density at radius 1 is 1.11 bits per heavy atom. The van der Waals surface area contributed by atoms with Crippen LogP contribution in [0.1, 0.15) is 0 Å². The summed E-state index contributed by atoms with van der Waals surface area (Å²) >= 11 is 3.29. The van der Waals surface area contributed by atoms with Gasteiger partial charge in [0.15, 0.2) is 5.13 Å². The van der Waals surface area contributed by atoms with Gasteiger partial charge in [-0.1, -0.05) is 12.1 Å². The van der Waals surface area contributed by atoms with E-state index in [2.05, 4.69) is 27.1 Å². The lowest BCUT2D eigenvalue weighted by Gasteiger charge is -2.02. The minimum atomic E-state index is 0.745. The second-order valence-electron chi connectivity index (χ2n) is 3.77. The number of rotatable bonds is 3. The Bertz CT molecular complexity index is 644. The molecule has 0 aliphatic rings. The summed E-state index contributed by atoms with van der Waals surface area (Å²) in [5, 5.41) is 8.25. The topological polar surface area (TPSA) is 50.9 Å². The second kappa shape index (κ2) is 4.80. The van der Waals surface area contributed by atoms with Crippen LogP contribution in [0.5, 0.6) is 0 Å². The number of thiophene rings is 1. The minimum absolute atomic E-state index is 0.745. The lowest BCUT2D eigenvalue weighted by molar-refractivity contribution is 1.40. The number of benzene rings is 1. The van der Waals surface area contributed by atoms with Crippen LogP contribution >= 0.6 is 22.7 Å². The maximum absolute atomic E-state index is 5.74. The van der Waals surface area contributed by atoms with Crippen molar-refractivity contribution in [1.82, 2.24) is 4.98 Å². The number of hydrogen-bond donors (Lipinski definition) is 2. The molecule has 2 heterocycles. The SMILES string of the molecule is Nc1cccc(Nc2nc(-c3cccs3)cs2)c1. The Morgan fingerprint density at radius 2 is 2.06 bits per heavy atom. The van der Waals surface area contributed by atoms with Crippen LogP contribution in [0.2, 0.25) is 0 Å². The summed E-state index contributed by atoms with van der Waals surface area (Å²) in [4.78, 5) is 5.74. The lowest BCUT2D eigenvalue weighted by Crippen LogP contribution is -1.91. The third-order valence-corrected chi connectivity index (χ3v) is 4.07. The Hall–Kier alpha value is -1.85. The van der Waals surface area contributed by atoms with Crippen molar-refractivity contribution >= 4 is 39.2 Å².